The molecule has 3 aromatic heterocycles. The van der Waals surface area contributed by atoms with Gasteiger partial charge in [-0.2, -0.15) is 0 Å². The van der Waals surface area contributed by atoms with E-state index in [-0.39, 0.29) is 19.2 Å². The van der Waals surface area contributed by atoms with Gasteiger partial charge < -0.3 is 19.8 Å². The van der Waals surface area contributed by atoms with Crippen LogP contribution in [0.5, 0.6) is 11.5 Å². The molecule has 0 radical (unpaired) electrons. The molecule has 0 unspecified atom stereocenters. The Hall–Kier alpha value is -4.20. The molecule has 8 heteroatoms. The van der Waals surface area contributed by atoms with Crippen LogP contribution in [0.4, 0.5) is 0 Å². The smallest absolute Gasteiger partial charge is 0.253 e. The molecule has 0 fully saturated rings. The summed E-state index contributed by atoms with van der Waals surface area (Å²) in [5.41, 5.74) is 5.39. The Balaban J connectivity index is 1.47. The highest BCUT2D eigenvalue weighted by molar-refractivity contribution is 5.93. The molecule has 0 saturated carbocycles. The summed E-state index contributed by atoms with van der Waals surface area (Å²) in [6.07, 6.45) is 1.56. The monoisotopic (exact) mass is 427 g/mol. The number of ether oxygens (including phenoxy) is 2. The van der Waals surface area contributed by atoms with Crippen LogP contribution in [0.2, 0.25) is 0 Å². The summed E-state index contributed by atoms with van der Waals surface area (Å²) in [5, 5.41) is 2.89. The molecule has 160 valence electrons. The average molecular weight is 427 g/mol. The van der Waals surface area contributed by atoms with Gasteiger partial charge in [0.2, 0.25) is 6.79 Å². The van der Waals surface area contributed by atoms with Gasteiger partial charge in [0.25, 0.3) is 5.91 Å². The second kappa shape index (κ2) is 8.14. The third-order valence-electron chi connectivity index (χ3n) is 5.13. The molecule has 0 spiro atoms. The molecular formula is C24H21N5O3. The molecule has 4 aromatic rings. The predicted octanol–water partition coefficient (Wildman–Crippen LogP) is 3.81. The first kappa shape index (κ1) is 19.7. The van der Waals surface area contributed by atoms with E-state index in [0.717, 1.165) is 34.0 Å². The highest BCUT2D eigenvalue weighted by Crippen LogP contribution is 2.38. The van der Waals surface area contributed by atoms with Crippen molar-refractivity contribution >= 4 is 5.91 Å². The molecule has 1 amide bonds. The molecule has 0 atom stereocenters. The van der Waals surface area contributed by atoms with E-state index in [1.165, 1.54) is 0 Å². The number of hydrogen-bond acceptors (Lipinski definition) is 6. The number of nitrogens with zero attached hydrogens (tertiary/aromatic N) is 3. The largest absolute Gasteiger partial charge is 0.454 e. The number of hydrogen-bond donors (Lipinski definition) is 2. The highest BCUT2D eigenvalue weighted by atomic mass is 16.7. The number of rotatable bonds is 5. The zero-order valence-electron chi connectivity index (χ0n) is 17.7. The predicted molar refractivity (Wildman–Crippen MR) is 118 cm³/mol. The van der Waals surface area contributed by atoms with Gasteiger partial charge in [-0.05, 0) is 56.3 Å². The van der Waals surface area contributed by atoms with Crippen molar-refractivity contribution in [1.29, 1.82) is 0 Å². The van der Waals surface area contributed by atoms with Gasteiger partial charge in [0, 0.05) is 23.1 Å². The average Bonchev–Trinajstić information content (AvgIpc) is 3.44. The fourth-order valence-corrected chi connectivity index (χ4v) is 3.49. The fraction of sp³-hybridized carbons (Fsp3) is 0.167. The maximum atomic E-state index is 12.5. The van der Waals surface area contributed by atoms with Crippen molar-refractivity contribution in [2.24, 2.45) is 0 Å². The number of carbonyl (C=O) groups excluding carboxylic acids is 1. The molecule has 0 bridgehead atoms. The number of fused-ring (bicyclic) bond motifs is 1. The van der Waals surface area contributed by atoms with Gasteiger partial charge in [-0.25, -0.2) is 4.98 Å². The number of pyridine rings is 2. The van der Waals surface area contributed by atoms with E-state index in [0.29, 0.717) is 22.9 Å². The number of aromatic amines is 1. The van der Waals surface area contributed by atoms with E-state index in [9.17, 15) is 4.79 Å². The number of aromatic nitrogens is 4. The second-order valence-electron chi connectivity index (χ2n) is 7.51. The number of imidazole rings is 1. The fourth-order valence-electron chi connectivity index (χ4n) is 3.49. The topological polar surface area (TPSA) is 102 Å². The molecule has 1 aromatic carbocycles. The molecule has 2 N–H and O–H groups in total. The molecule has 8 nitrogen and oxygen atoms in total. The summed E-state index contributed by atoms with van der Waals surface area (Å²) in [6, 6.07) is 15.1. The summed E-state index contributed by atoms with van der Waals surface area (Å²) < 4.78 is 11.0. The lowest BCUT2D eigenvalue weighted by Crippen LogP contribution is -2.23. The van der Waals surface area contributed by atoms with E-state index < -0.39 is 0 Å². The Kier molecular flexibility index (Phi) is 5.03. The Morgan fingerprint density at radius 1 is 1.03 bits per heavy atom. The number of benzene rings is 1. The van der Waals surface area contributed by atoms with Crippen molar-refractivity contribution in [1.82, 2.24) is 25.3 Å². The van der Waals surface area contributed by atoms with Crippen LogP contribution in [-0.4, -0.2) is 32.6 Å². The van der Waals surface area contributed by atoms with Crippen LogP contribution >= 0.6 is 0 Å². The van der Waals surface area contributed by atoms with Gasteiger partial charge in [-0.3, -0.25) is 14.8 Å². The van der Waals surface area contributed by atoms with E-state index >= 15 is 0 Å². The van der Waals surface area contributed by atoms with Crippen molar-refractivity contribution in [2.75, 3.05) is 6.79 Å². The molecule has 4 heterocycles. The molecular weight excluding hydrogens is 406 g/mol. The summed E-state index contributed by atoms with van der Waals surface area (Å²) in [6.45, 7) is 4.26. The zero-order chi connectivity index (χ0) is 22.1. The standard InChI is InChI=1S/C24H21N5O3/c1-14-6-7-17(11-25-14)24(30)26-12-21-28-22(16-8-9-19-20(10-16)32-13-31-19)23(29-21)18-5-3-4-15(2)27-18/h3-11H,12-13H2,1-2H3,(H,26,30)(H,28,29). The Morgan fingerprint density at radius 3 is 2.72 bits per heavy atom. The van der Waals surface area contributed by atoms with Crippen LogP contribution in [0.25, 0.3) is 22.6 Å². The molecule has 32 heavy (non-hydrogen) atoms. The van der Waals surface area contributed by atoms with Crippen LogP contribution in [0, 0.1) is 13.8 Å². The van der Waals surface area contributed by atoms with E-state index in [1.807, 2.05) is 50.2 Å². The van der Waals surface area contributed by atoms with E-state index in [4.69, 9.17) is 14.5 Å². The first-order valence-corrected chi connectivity index (χ1v) is 10.2. The van der Waals surface area contributed by atoms with Gasteiger partial charge in [0.05, 0.1) is 29.2 Å². The van der Waals surface area contributed by atoms with Gasteiger partial charge in [-0.1, -0.05) is 6.07 Å². The minimum atomic E-state index is -0.214. The maximum absolute atomic E-state index is 12.5. The zero-order valence-corrected chi connectivity index (χ0v) is 17.7. The van der Waals surface area contributed by atoms with Crippen LogP contribution in [0.1, 0.15) is 27.6 Å². The minimum absolute atomic E-state index is 0.205. The first-order chi connectivity index (χ1) is 15.6. The highest BCUT2D eigenvalue weighted by Gasteiger charge is 2.20. The number of H-pyrrole nitrogens is 1. The van der Waals surface area contributed by atoms with E-state index in [2.05, 4.69) is 20.3 Å². The first-order valence-electron chi connectivity index (χ1n) is 10.2. The van der Waals surface area contributed by atoms with Gasteiger partial charge in [-0.15, -0.1) is 0 Å². The third-order valence-corrected chi connectivity index (χ3v) is 5.13. The van der Waals surface area contributed by atoms with Crippen LogP contribution in [0.3, 0.4) is 0 Å². The summed E-state index contributed by atoms with van der Waals surface area (Å²) in [7, 11) is 0. The van der Waals surface area contributed by atoms with Crippen molar-refractivity contribution in [2.45, 2.75) is 20.4 Å². The number of carbonyl (C=O) groups is 1. The SMILES string of the molecule is Cc1ccc(C(=O)NCc2nc(-c3ccc4c(c3)OCO4)c(-c3cccc(C)n3)[nH]2)cn1. The summed E-state index contributed by atoms with van der Waals surface area (Å²) in [5.74, 6) is 1.78. The lowest BCUT2D eigenvalue weighted by molar-refractivity contribution is 0.0949. The summed E-state index contributed by atoms with van der Waals surface area (Å²) in [4.78, 5) is 29.4. The third kappa shape index (κ3) is 3.90. The Labute approximate surface area is 184 Å². The van der Waals surface area contributed by atoms with Gasteiger partial charge >= 0.3 is 0 Å². The van der Waals surface area contributed by atoms with Crippen molar-refractivity contribution in [3.05, 3.63) is 77.5 Å². The quantitative estimate of drug-likeness (QED) is 0.502. The lowest BCUT2D eigenvalue weighted by Gasteiger charge is -2.04. The summed E-state index contributed by atoms with van der Waals surface area (Å²) >= 11 is 0. The van der Waals surface area contributed by atoms with Gasteiger partial charge in [0.15, 0.2) is 11.5 Å². The van der Waals surface area contributed by atoms with Crippen LogP contribution in [0.15, 0.2) is 54.7 Å². The Morgan fingerprint density at radius 2 is 1.91 bits per heavy atom. The van der Waals surface area contributed by atoms with Crippen LogP contribution in [-0.2, 0) is 6.54 Å². The van der Waals surface area contributed by atoms with Crippen molar-refractivity contribution < 1.29 is 14.3 Å². The van der Waals surface area contributed by atoms with Gasteiger partial charge in [0.1, 0.15) is 5.82 Å². The lowest BCUT2D eigenvalue weighted by atomic mass is 10.1. The van der Waals surface area contributed by atoms with Crippen molar-refractivity contribution in [3.63, 3.8) is 0 Å². The molecule has 0 aliphatic carbocycles. The normalized spacial score (nSPS) is 12.1. The molecule has 1 aliphatic rings. The minimum Gasteiger partial charge on any atom is -0.454 e. The molecule has 5 rings (SSSR count). The molecule has 0 saturated heterocycles. The maximum Gasteiger partial charge on any atom is 0.253 e. The number of nitrogens with one attached hydrogen (secondary N) is 2. The number of amides is 1. The van der Waals surface area contributed by atoms with E-state index in [1.54, 1.807) is 18.3 Å². The number of aryl methyl sites for hydroxylation is 2. The molecule has 1 aliphatic heterocycles. The van der Waals surface area contributed by atoms with Crippen molar-refractivity contribution in [3.8, 4) is 34.1 Å². The Bertz CT molecular complexity index is 1300. The second-order valence-corrected chi connectivity index (χ2v) is 7.51. The van der Waals surface area contributed by atoms with Crippen LogP contribution < -0.4 is 14.8 Å².